The molecule has 88 valence electrons. The second-order valence-electron chi connectivity index (χ2n) is 3.56. The Hall–Kier alpha value is -0.750. The first-order valence-corrected chi connectivity index (χ1v) is 7.29. The van der Waals surface area contributed by atoms with Crippen LogP contribution in [0.15, 0.2) is 22.7 Å². The minimum atomic E-state index is -3.12. The molecule has 6 heteroatoms. The number of methoxy groups -OCH3 is 1. The first-order valence-electron chi connectivity index (χ1n) is 4.88. The fourth-order valence-corrected chi connectivity index (χ4v) is 3.70. The number of nitrogens with zero attached hydrogens (tertiary/aromatic N) is 1. The van der Waals surface area contributed by atoms with E-state index in [0.717, 1.165) is 4.47 Å². The smallest absolute Gasteiger partial charge is 0.235 e. The molecule has 1 aromatic carbocycles. The first-order chi connectivity index (χ1) is 7.54. The normalized spacial score (nSPS) is 18.8. The lowest BCUT2D eigenvalue weighted by molar-refractivity contribution is 0.412. The Balaban J connectivity index is 2.41. The SMILES string of the molecule is COc1cc(N2CCCS2(=O)=O)ccc1Br. The van der Waals surface area contributed by atoms with Crippen LogP contribution in [0, 0.1) is 0 Å². The molecule has 0 aliphatic carbocycles. The fourth-order valence-electron chi connectivity index (χ4n) is 1.73. The lowest BCUT2D eigenvalue weighted by Gasteiger charge is -2.17. The second-order valence-corrected chi connectivity index (χ2v) is 6.43. The molecule has 2 rings (SSSR count). The summed E-state index contributed by atoms with van der Waals surface area (Å²) in [5.41, 5.74) is 0.664. The molecule has 0 spiro atoms. The summed E-state index contributed by atoms with van der Waals surface area (Å²) in [7, 11) is -1.56. The van der Waals surface area contributed by atoms with Crippen LogP contribution >= 0.6 is 15.9 Å². The van der Waals surface area contributed by atoms with Crippen molar-refractivity contribution < 1.29 is 13.2 Å². The summed E-state index contributed by atoms with van der Waals surface area (Å²) < 4.78 is 30.8. The van der Waals surface area contributed by atoms with Gasteiger partial charge < -0.3 is 4.74 Å². The van der Waals surface area contributed by atoms with Gasteiger partial charge in [-0.2, -0.15) is 0 Å². The van der Waals surface area contributed by atoms with Gasteiger partial charge in [0.1, 0.15) is 5.75 Å². The van der Waals surface area contributed by atoms with E-state index in [2.05, 4.69) is 15.9 Å². The van der Waals surface area contributed by atoms with E-state index in [4.69, 9.17) is 4.74 Å². The molecule has 1 fully saturated rings. The molecule has 0 N–H and O–H groups in total. The first kappa shape index (κ1) is 11.7. The average molecular weight is 306 g/mol. The minimum Gasteiger partial charge on any atom is -0.495 e. The van der Waals surface area contributed by atoms with Crippen molar-refractivity contribution in [3.05, 3.63) is 22.7 Å². The number of sulfonamides is 1. The number of rotatable bonds is 2. The topological polar surface area (TPSA) is 46.6 Å². The van der Waals surface area contributed by atoms with Gasteiger partial charge in [0.05, 0.1) is 23.0 Å². The van der Waals surface area contributed by atoms with E-state index < -0.39 is 10.0 Å². The molecule has 0 bridgehead atoms. The van der Waals surface area contributed by atoms with Crippen molar-refractivity contribution in [1.82, 2.24) is 0 Å². The summed E-state index contributed by atoms with van der Waals surface area (Å²) in [6.45, 7) is 0.549. The van der Waals surface area contributed by atoms with Crippen molar-refractivity contribution in [3.63, 3.8) is 0 Å². The molecule has 0 atom stereocenters. The Morgan fingerprint density at radius 2 is 2.19 bits per heavy atom. The Morgan fingerprint density at radius 3 is 2.75 bits per heavy atom. The molecule has 16 heavy (non-hydrogen) atoms. The zero-order chi connectivity index (χ0) is 11.8. The van der Waals surface area contributed by atoms with Crippen molar-refractivity contribution in [3.8, 4) is 5.75 Å². The highest BCUT2D eigenvalue weighted by Gasteiger charge is 2.28. The molecule has 0 amide bonds. The maximum absolute atomic E-state index is 11.7. The van der Waals surface area contributed by atoms with Gasteiger partial charge in [-0.15, -0.1) is 0 Å². The maximum Gasteiger partial charge on any atom is 0.235 e. The summed E-state index contributed by atoms with van der Waals surface area (Å²) in [6.07, 6.45) is 0.681. The van der Waals surface area contributed by atoms with Crippen molar-refractivity contribution in [1.29, 1.82) is 0 Å². The highest BCUT2D eigenvalue weighted by molar-refractivity contribution is 9.10. The lowest BCUT2D eigenvalue weighted by atomic mass is 10.3. The molecule has 4 nitrogen and oxygen atoms in total. The highest BCUT2D eigenvalue weighted by Crippen LogP contribution is 2.32. The minimum absolute atomic E-state index is 0.228. The monoisotopic (exact) mass is 305 g/mol. The number of hydrogen-bond acceptors (Lipinski definition) is 3. The van der Waals surface area contributed by atoms with Crippen LogP contribution in [0.3, 0.4) is 0 Å². The third-order valence-electron chi connectivity index (χ3n) is 2.52. The van der Waals surface area contributed by atoms with Crippen LogP contribution in [0.1, 0.15) is 6.42 Å². The molecule has 0 saturated carbocycles. The van der Waals surface area contributed by atoms with Gasteiger partial charge in [-0.05, 0) is 34.5 Å². The Morgan fingerprint density at radius 1 is 1.44 bits per heavy atom. The zero-order valence-corrected chi connectivity index (χ0v) is 11.2. The van der Waals surface area contributed by atoms with Gasteiger partial charge in [0.15, 0.2) is 0 Å². The standard InChI is InChI=1S/C10H12BrNO3S/c1-15-10-7-8(3-4-9(10)11)12-5-2-6-16(12,13)14/h3-4,7H,2,5-6H2,1H3. The molecule has 1 aromatic rings. The van der Waals surface area contributed by atoms with E-state index in [1.807, 2.05) is 0 Å². The summed E-state index contributed by atoms with van der Waals surface area (Å²) in [4.78, 5) is 0. The summed E-state index contributed by atoms with van der Waals surface area (Å²) >= 11 is 3.33. The van der Waals surface area contributed by atoms with E-state index in [1.165, 1.54) is 4.31 Å². The highest BCUT2D eigenvalue weighted by atomic mass is 79.9. The second kappa shape index (κ2) is 4.25. The van der Waals surface area contributed by atoms with Crippen LogP contribution in [0.2, 0.25) is 0 Å². The molecular formula is C10H12BrNO3S. The predicted octanol–water partition coefficient (Wildman–Crippen LogP) is 2.00. The Kier molecular flexibility index (Phi) is 3.12. The van der Waals surface area contributed by atoms with Crippen molar-refractivity contribution in [2.75, 3.05) is 23.7 Å². The van der Waals surface area contributed by atoms with Crippen molar-refractivity contribution >= 4 is 31.6 Å². The number of anilines is 1. The quantitative estimate of drug-likeness (QED) is 0.839. The van der Waals surface area contributed by atoms with Gasteiger partial charge in [-0.1, -0.05) is 0 Å². The third-order valence-corrected chi connectivity index (χ3v) is 5.05. The Bertz CT molecular complexity index is 501. The summed E-state index contributed by atoms with van der Waals surface area (Å²) in [5, 5.41) is 0. The van der Waals surface area contributed by atoms with Crippen LogP contribution in [0.25, 0.3) is 0 Å². The van der Waals surface area contributed by atoms with Gasteiger partial charge in [0.25, 0.3) is 0 Å². The van der Waals surface area contributed by atoms with E-state index in [9.17, 15) is 8.42 Å². The number of benzene rings is 1. The molecular weight excluding hydrogens is 294 g/mol. The molecule has 1 saturated heterocycles. The maximum atomic E-state index is 11.7. The number of halogens is 1. The van der Waals surface area contributed by atoms with Crippen LogP contribution in [-0.4, -0.2) is 27.8 Å². The third kappa shape index (κ3) is 2.04. The van der Waals surface area contributed by atoms with Gasteiger partial charge in [0.2, 0.25) is 10.0 Å². The number of ether oxygens (including phenoxy) is 1. The molecule has 1 aliphatic heterocycles. The van der Waals surface area contributed by atoms with E-state index >= 15 is 0 Å². The van der Waals surface area contributed by atoms with Crippen LogP contribution in [0.4, 0.5) is 5.69 Å². The van der Waals surface area contributed by atoms with Gasteiger partial charge in [-0.3, -0.25) is 4.31 Å². The molecule has 1 aliphatic rings. The summed E-state index contributed by atoms with van der Waals surface area (Å²) in [6, 6.07) is 5.30. The van der Waals surface area contributed by atoms with Gasteiger partial charge >= 0.3 is 0 Å². The van der Waals surface area contributed by atoms with Crippen LogP contribution in [0.5, 0.6) is 5.75 Å². The zero-order valence-electron chi connectivity index (χ0n) is 8.81. The molecule has 1 heterocycles. The molecule has 0 aromatic heterocycles. The molecule has 0 radical (unpaired) electrons. The van der Waals surface area contributed by atoms with Crippen molar-refractivity contribution in [2.45, 2.75) is 6.42 Å². The molecule has 0 unspecified atom stereocenters. The van der Waals surface area contributed by atoms with Gasteiger partial charge in [0, 0.05) is 12.6 Å². The van der Waals surface area contributed by atoms with E-state index in [0.29, 0.717) is 24.4 Å². The number of hydrogen-bond donors (Lipinski definition) is 0. The van der Waals surface area contributed by atoms with Crippen LogP contribution in [-0.2, 0) is 10.0 Å². The van der Waals surface area contributed by atoms with E-state index in [-0.39, 0.29) is 5.75 Å². The largest absolute Gasteiger partial charge is 0.495 e. The Labute approximate surface area is 103 Å². The average Bonchev–Trinajstić information content (AvgIpc) is 2.59. The van der Waals surface area contributed by atoms with Crippen LogP contribution < -0.4 is 9.04 Å². The van der Waals surface area contributed by atoms with Crippen molar-refractivity contribution in [2.24, 2.45) is 0 Å². The lowest BCUT2D eigenvalue weighted by Crippen LogP contribution is -2.24. The van der Waals surface area contributed by atoms with E-state index in [1.54, 1.807) is 25.3 Å². The fraction of sp³-hybridized carbons (Fsp3) is 0.400. The predicted molar refractivity (Wildman–Crippen MR) is 66.4 cm³/mol. The van der Waals surface area contributed by atoms with Gasteiger partial charge in [-0.25, -0.2) is 8.42 Å². The summed E-state index contributed by atoms with van der Waals surface area (Å²) in [5.74, 6) is 0.866.